The van der Waals surface area contributed by atoms with Gasteiger partial charge in [0.25, 0.3) is 0 Å². The van der Waals surface area contributed by atoms with Gasteiger partial charge in [0.1, 0.15) is 23.0 Å². The molecule has 4 aromatic rings. The summed E-state index contributed by atoms with van der Waals surface area (Å²) >= 11 is 13.7. The van der Waals surface area contributed by atoms with Crippen LogP contribution in [0.1, 0.15) is 25.3 Å². The summed E-state index contributed by atoms with van der Waals surface area (Å²) in [6, 6.07) is 8.92. The highest BCUT2D eigenvalue weighted by atomic mass is 35.5. The lowest BCUT2D eigenvalue weighted by molar-refractivity contribution is -0.385. The minimum absolute atomic E-state index is 0.0111. The molecule has 0 saturated carbocycles. The molecule has 0 amide bonds. The standard InChI is InChI=1S/C15H11ClF3NO4.C14H13ClFN3O3S2/c1-2-23-14-8-10(4-5-12(14)20(21)22)24-13-6-3-9(7-11(13)16)15(17,18)19;15-8-5-9(16)10(6-11(8)23-7-12(20)21)17-13-18-3-1-2-4-19(18)14(22)24-13/h3-8H,2H2,1H3;5-6H,1-4,7H2,(H,20,21). The summed E-state index contributed by atoms with van der Waals surface area (Å²) in [4.78, 5) is 38.0. The number of aromatic nitrogens is 2. The number of nitro benzene ring substituents is 1. The molecule has 0 radical (unpaired) electrons. The van der Waals surface area contributed by atoms with Gasteiger partial charge in [-0.2, -0.15) is 13.2 Å². The fourth-order valence-electron chi connectivity index (χ4n) is 4.24. The van der Waals surface area contributed by atoms with Crippen LogP contribution in [0.3, 0.4) is 0 Å². The van der Waals surface area contributed by atoms with E-state index in [1.165, 1.54) is 24.3 Å². The summed E-state index contributed by atoms with van der Waals surface area (Å²) in [7, 11) is 0. The first kappa shape index (κ1) is 36.8. The first-order valence-electron chi connectivity index (χ1n) is 13.8. The zero-order valence-electron chi connectivity index (χ0n) is 24.6. The van der Waals surface area contributed by atoms with Crippen LogP contribution in [-0.2, 0) is 24.1 Å². The van der Waals surface area contributed by atoms with Gasteiger partial charge in [-0.1, -0.05) is 23.2 Å². The Bertz CT molecular complexity index is 1970. The summed E-state index contributed by atoms with van der Waals surface area (Å²) in [5.74, 6) is -1.67. The third kappa shape index (κ3) is 9.30. The molecule has 3 aromatic carbocycles. The van der Waals surface area contributed by atoms with Gasteiger partial charge < -0.3 is 14.6 Å². The van der Waals surface area contributed by atoms with Gasteiger partial charge in [0, 0.05) is 30.1 Å². The van der Waals surface area contributed by atoms with Crippen molar-refractivity contribution in [3.63, 3.8) is 0 Å². The van der Waals surface area contributed by atoms with Gasteiger partial charge >= 0.3 is 22.7 Å². The van der Waals surface area contributed by atoms with Crippen molar-refractivity contribution in [2.75, 3.05) is 12.4 Å². The summed E-state index contributed by atoms with van der Waals surface area (Å²) < 4.78 is 65.9. The van der Waals surface area contributed by atoms with E-state index in [-0.39, 0.29) is 55.9 Å². The molecule has 11 nitrogen and oxygen atoms in total. The number of aliphatic carboxylic acids is 1. The van der Waals surface area contributed by atoms with Crippen molar-refractivity contribution in [1.82, 2.24) is 9.36 Å². The second kappa shape index (κ2) is 15.9. The number of halogens is 6. The Kier molecular flexibility index (Phi) is 12.2. The smallest absolute Gasteiger partial charge is 0.416 e. The third-order valence-electron chi connectivity index (χ3n) is 6.37. The number of fused-ring (bicyclic) bond motifs is 1. The van der Waals surface area contributed by atoms with Crippen molar-refractivity contribution in [3.8, 4) is 17.2 Å². The highest BCUT2D eigenvalue weighted by Crippen LogP contribution is 2.38. The highest BCUT2D eigenvalue weighted by Gasteiger charge is 2.31. The number of alkyl halides is 3. The minimum Gasteiger partial charge on any atom is -0.487 e. The van der Waals surface area contributed by atoms with E-state index in [1.54, 1.807) is 16.3 Å². The molecule has 0 saturated heterocycles. The lowest BCUT2D eigenvalue weighted by Gasteiger charge is -2.15. The average Bonchev–Trinajstić information content (AvgIpc) is 3.33. The predicted molar refractivity (Wildman–Crippen MR) is 172 cm³/mol. The molecular weight excluding hydrogens is 727 g/mol. The Balaban J connectivity index is 0.000000217. The zero-order valence-corrected chi connectivity index (χ0v) is 27.8. The largest absolute Gasteiger partial charge is 0.487 e. The number of carboxylic acids is 1. The van der Waals surface area contributed by atoms with Crippen molar-refractivity contribution in [2.24, 2.45) is 4.99 Å². The molecule has 256 valence electrons. The van der Waals surface area contributed by atoms with Crippen molar-refractivity contribution < 1.29 is 41.9 Å². The summed E-state index contributed by atoms with van der Waals surface area (Å²) in [6.45, 7) is 3.15. The molecule has 1 aromatic heterocycles. The number of carboxylic acid groups (broad SMARTS) is 1. The molecule has 1 aliphatic rings. The van der Waals surface area contributed by atoms with Gasteiger partial charge in [-0.05, 0) is 67.5 Å². The van der Waals surface area contributed by atoms with Gasteiger partial charge in [-0.3, -0.25) is 24.4 Å². The van der Waals surface area contributed by atoms with Crippen molar-refractivity contribution in [1.29, 1.82) is 0 Å². The molecule has 19 heteroatoms. The van der Waals surface area contributed by atoms with Crippen LogP contribution in [0.15, 0.2) is 63.2 Å². The number of carbonyl (C=O) groups is 1. The Morgan fingerprint density at radius 1 is 1.08 bits per heavy atom. The highest BCUT2D eigenvalue weighted by molar-refractivity contribution is 8.00. The second-order valence-corrected chi connectivity index (χ2v) is 12.4. The number of ether oxygens (including phenoxy) is 2. The molecule has 48 heavy (non-hydrogen) atoms. The van der Waals surface area contributed by atoms with Gasteiger partial charge in [0.15, 0.2) is 0 Å². The molecular formula is C29H24Cl2F4N4O7S2. The number of rotatable bonds is 9. The molecule has 0 bridgehead atoms. The number of benzene rings is 3. The van der Waals surface area contributed by atoms with E-state index in [1.807, 2.05) is 0 Å². The normalized spacial score (nSPS) is 12.9. The Hall–Kier alpha value is -4.06. The van der Waals surface area contributed by atoms with E-state index < -0.39 is 28.4 Å². The summed E-state index contributed by atoms with van der Waals surface area (Å²) in [6.07, 6.45) is -2.65. The average molecular weight is 752 g/mol. The van der Waals surface area contributed by atoms with Crippen LogP contribution >= 0.6 is 46.3 Å². The summed E-state index contributed by atoms with van der Waals surface area (Å²) in [5.41, 5.74) is -1.11. The molecule has 0 fully saturated rings. The van der Waals surface area contributed by atoms with Gasteiger partial charge in [0.2, 0.25) is 10.6 Å². The monoisotopic (exact) mass is 750 g/mol. The van der Waals surface area contributed by atoms with E-state index in [0.29, 0.717) is 22.8 Å². The molecule has 5 rings (SSSR count). The molecule has 1 aliphatic heterocycles. The zero-order chi connectivity index (χ0) is 35.2. The predicted octanol–water partition coefficient (Wildman–Crippen LogP) is 8.16. The maximum absolute atomic E-state index is 14.2. The Morgan fingerprint density at radius 2 is 1.79 bits per heavy atom. The van der Waals surface area contributed by atoms with Crippen LogP contribution in [0.4, 0.5) is 28.9 Å². The molecule has 0 spiro atoms. The molecule has 0 unspecified atom stereocenters. The first-order valence-corrected chi connectivity index (χ1v) is 16.4. The number of nitrogens with zero attached hydrogens (tertiary/aromatic N) is 4. The van der Waals surface area contributed by atoms with E-state index in [0.717, 1.165) is 60.2 Å². The number of nitro groups is 1. The molecule has 0 aliphatic carbocycles. The molecule has 0 atom stereocenters. The first-order chi connectivity index (χ1) is 22.7. The molecule has 2 heterocycles. The maximum Gasteiger partial charge on any atom is 0.416 e. The van der Waals surface area contributed by atoms with Crippen LogP contribution in [0.5, 0.6) is 17.2 Å². The summed E-state index contributed by atoms with van der Waals surface area (Å²) in [5, 5.41) is 19.6. The van der Waals surface area contributed by atoms with Gasteiger partial charge in [-0.25, -0.2) is 14.1 Å². The third-order valence-corrected chi connectivity index (χ3v) is 9.00. The Morgan fingerprint density at radius 3 is 2.42 bits per heavy atom. The van der Waals surface area contributed by atoms with Gasteiger partial charge in [0.05, 0.1) is 32.9 Å². The van der Waals surface area contributed by atoms with Crippen molar-refractivity contribution in [3.05, 3.63) is 94.5 Å². The fourth-order valence-corrected chi connectivity index (χ4v) is 6.34. The number of hydrogen-bond acceptors (Lipinski definition) is 9. The van der Waals surface area contributed by atoms with E-state index in [4.69, 9.17) is 37.8 Å². The van der Waals surface area contributed by atoms with Crippen LogP contribution < -0.4 is 19.1 Å². The quantitative estimate of drug-likeness (QED) is 0.0783. The van der Waals surface area contributed by atoms with Crippen LogP contribution in [0.2, 0.25) is 10.0 Å². The minimum atomic E-state index is -4.52. The van der Waals surface area contributed by atoms with E-state index in [9.17, 15) is 37.3 Å². The topological polar surface area (TPSA) is 138 Å². The second-order valence-electron chi connectivity index (χ2n) is 9.70. The SMILES string of the molecule is CCOc1cc(Oc2ccc(C(F)(F)F)cc2Cl)ccc1[N+](=O)[O-].O=C(O)CSc1cc(N=c2sc(=O)n3n2CCCC3)c(F)cc1Cl. The lowest BCUT2D eigenvalue weighted by Crippen LogP contribution is -2.31. The lowest BCUT2D eigenvalue weighted by atomic mass is 10.2. The molecule has 1 N–H and O–H groups in total. The van der Waals surface area contributed by atoms with Crippen molar-refractivity contribution in [2.45, 2.75) is 43.9 Å². The van der Waals surface area contributed by atoms with Crippen molar-refractivity contribution >= 4 is 63.6 Å². The van der Waals surface area contributed by atoms with Crippen LogP contribution in [0.25, 0.3) is 0 Å². The fraction of sp³-hybridized carbons (Fsp3) is 0.276. The van der Waals surface area contributed by atoms with E-state index >= 15 is 0 Å². The maximum atomic E-state index is 14.2. The number of hydrogen-bond donors (Lipinski definition) is 1. The van der Waals surface area contributed by atoms with E-state index in [2.05, 4.69) is 4.99 Å². The van der Waals surface area contributed by atoms with Crippen LogP contribution in [-0.4, -0.2) is 37.7 Å². The van der Waals surface area contributed by atoms with Crippen LogP contribution in [0, 0.1) is 15.9 Å². The Labute approximate surface area is 287 Å². The van der Waals surface area contributed by atoms with Gasteiger partial charge in [-0.15, -0.1) is 11.8 Å². The number of thioether (sulfide) groups is 1.